The minimum absolute atomic E-state index is 0.176. The van der Waals surface area contributed by atoms with Gasteiger partial charge in [-0.25, -0.2) is 4.79 Å². The summed E-state index contributed by atoms with van der Waals surface area (Å²) in [5.74, 6) is 0.543. The monoisotopic (exact) mass is 356 g/mol. The summed E-state index contributed by atoms with van der Waals surface area (Å²) >= 11 is 0. The van der Waals surface area contributed by atoms with Crippen molar-refractivity contribution in [3.05, 3.63) is 52.1 Å². The van der Waals surface area contributed by atoms with Crippen molar-refractivity contribution in [1.82, 2.24) is 0 Å². The number of hydrogen-bond acceptors (Lipinski definition) is 5. The van der Waals surface area contributed by atoms with Crippen molar-refractivity contribution >= 4 is 5.97 Å². The fourth-order valence-electron chi connectivity index (χ4n) is 3.82. The van der Waals surface area contributed by atoms with Crippen LogP contribution in [0.2, 0.25) is 0 Å². The lowest BCUT2D eigenvalue weighted by molar-refractivity contribution is 0.0600. The molecular formula is C21H24O5. The number of esters is 1. The molecule has 0 aromatic heterocycles. The second kappa shape index (κ2) is 7.48. The van der Waals surface area contributed by atoms with Gasteiger partial charge in [-0.05, 0) is 59.2 Å². The Bertz CT molecular complexity index is 841. The van der Waals surface area contributed by atoms with Crippen LogP contribution in [0.1, 0.15) is 51.9 Å². The van der Waals surface area contributed by atoms with Crippen LogP contribution < -0.4 is 4.74 Å². The number of aliphatic hydroxyl groups is 2. The third kappa shape index (κ3) is 2.97. The first-order valence-corrected chi connectivity index (χ1v) is 8.71. The first-order valence-electron chi connectivity index (χ1n) is 8.71. The molecule has 5 heteroatoms. The second-order valence-electron chi connectivity index (χ2n) is 6.62. The highest BCUT2D eigenvalue weighted by molar-refractivity contribution is 5.91. The topological polar surface area (TPSA) is 76.0 Å². The Labute approximate surface area is 153 Å². The molecule has 1 aliphatic carbocycles. The molecule has 0 spiro atoms. The number of carbonyl (C=O) groups is 1. The van der Waals surface area contributed by atoms with E-state index in [1.165, 1.54) is 7.11 Å². The third-order valence-corrected chi connectivity index (χ3v) is 5.23. The summed E-state index contributed by atoms with van der Waals surface area (Å²) in [6.07, 6.45) is 1.69. The molecule has 2 aromatic rings. The van der Waals surface area contributed by atoms with Crippen LogP contribution >= 0.6 is 0 Å². The molecule has 0 saturated carbocycles. The van der Waals surface area contributed by atoms with E-state index >= 15 is 0 Å². The minimum Gasteiger partial charge on any atom is -0.496 e. The molecule has 0 aliphatic heterocycles. The van der Waals surface area contributed by atoms with Gasteiger partial charge in [0, 0.05) is 11.1 Å². The lowest BCUT2D eigenvalue weighted by Crippen LogP contribution is -2.05. The van der Waals surface area contributed by atoms with Gasteiger partial charge in [-0.3, -0.25) is 0 Å². The van der Waals surface area contributed by atoms with E-state index in [9.17, 15) is 15.0 Å². The van der Waals surface area contributed by atoms with Gasteiger partial charge in [-0.1, -0.05) is 13.0 Å². The van der Waals surface area contributed by atoms with Gasteiger partial charge in [0.15, 0.2) is 0 Å². The Morgan fingerprint density at radius 2 is 1.92 bits per heavy atom. The van der Waals surface area contributed by atoms with E-state index in [0.717, 1.165) is 35.1 Å². The Morgan fingerprint density at radius 1 is 1.15 bits per heavy atom. The van der Waals surface area contributed by atoms with Crippen LogP contribution in [0.5, 0.6) is 5.75 Å². The average Bonchev–Trinajstić information content (AvgIpc) is 2.82. The van der Waals surface area contributed by atoms with Gasteiger partial charge in [-0.2, -0.15) is 0 Å². The van der Waals surface area contributed by atoms with Crippen molar-refractivity contribution in [1.29, 1.82) is 0 Å². The van der Waals surface area contributed by atoms with E-state index in [4.69, 9.17) is 9.47 Å². The molecular weight excluding hydrogens is 332 g/mol. The fraction of sp³-hybridized carbons (Fsp3) is 0.381. The maximum Gasteiger partial charge on any atom is 0.337 e. The van der Waals surface area contributed by atoms with Crippen LogP contribution in [-0.4, -0.2) is 30.4 Å². The molecule has 138 valence electrons. The molecule has 1 aliphatic rings. The lowest BCUT2D eigenvalue weighted by atomic mass is 9.89. The van der Waals surface area contributed by atoms with Crippen LogP contribution in [-0.2, 0) is 24.4 Å². The van der Waals surface area contributed by atoms with Gasteiger partial charge in [0.25, 0.3) is 0 Å². The average molecular weight is 356 g/mol. The SMILES string of the molecule is COC(=O)c1ccc2c(c1)[C@@H](C)CCc1c-2cc(CO)c(CO)c1OC. The van der Waals surface area contributed by atoms with Crippen LogP contribution in [0, 0.1) is 0 Å². The number of hydrogen-bond donors (Lipinski definition) is 2. The number of aliphatic hydroxyl groups excluding tert-OH is 2. The highest BCUT2D eigenvalue weighted by Gasteiger charge is 2.26. The molecule has 2 aromatic carbocycles. The third-order valence-electron chi connectivity index (χ3n) is 5.23. The largest absolute Gasteiger partial charge is 0.496 e. The first kappa shape index (κ1) is 18.4. The fourth-order valence-corrected chi connectivity index (χ4v) is 3.82. The van der Waals surface area contributed by atoms with Crippen LogP contribution in [0.3, 0.4) is 0 Å². The van der Waals surface area contributed by atoms with Gasteiger partial charge < -0.3 is 19.7 Å². The molecule has 0 radical (unpaired) electrons. The number of benzene rings is 2. The Morgan fingerprint density at radius 3 is 2.54 bits per heavy atom. The van der Waals surface area contributed by atoms with E-state index in [1.807, 2.05) is 18.2 Å². The van der Waals surface area contributed by atoms with Crippen molar-refractivity contribution < 1.29 is 24.5 Å². The smallest absolute Gasteiger partial charge is 0.337 e. The van der Waals surface area contributed by atoms with E-state index in [1.54, 1.807) is 13.2 Å². The molecule has 0 fully saturated rings. The van der Waals surface area contributed by atoms with Crippen molar-refractivity contribution in [3.63, 3.8) is 0 Å². The number of carbonyl (C=O) groups excluding carboxylic acids is 1. The van der Waals surface area contributed by atoms with Crippen molar-refractivity contribution in [3.8, 4) is 16.9 Å². The predicted molar refractivity (Wildman–Crippen MR) is 98.4 cm³/mol. The van der Waals surface area contributed by atoms with Gasteiger partial charge in [0.2, 0.25) is 0 Å². The van der Waals surface area contributed by atoms with Crippen molar-refractivity contribution in [2.24, 2.45) is 0 Å². The molecule has 1 atom stereocenters. The summed E-state index contributed by atoms with van der Waals surface area (Å²) in [5.41, 5.74) is 5.94. The molecule has 0 unspecified atom stereocenters. The van der Waals surface area contributed by atoms with E-state index in [0.29, 0.717) is 22.4 Å². The molecule has 0 amide bonds. The summed E-state index contributed by atoms with van der Waals surface area (Å²) in [7, 11) is 2.97. The van der Waals surface area contributed by atoms with Gasteiger partial charge in [0.05, 0.1) is 33.0 Å². The van der Waals surface area contributed by atoms with Gasteiger partial charge in [0.1, 0.15) is 5.75 Å². The van der Waals surface area contributed by atoms with E-state index in [2.05, 4.69) is 6.92 Å². The quantitative estimate of drug-likeness (QED) is 0.823. The highest BCUT2D eigenvalue weighted by atomic mass is 16.5. The van der Waals surface area contributed by atoms with Crippen molar-refractivity contribution in [2.45, 2.75) is 38.9 Å². The van der Waals surface area contributed by atoms with Crippen LogP contribution in [0.4, 0.5) is 0 Å². The standard InChI is InChI=1S/C21H24O5/c1-12-4-6-16-18(9-14(10-22)19(11-23)20(16)25-2)15-7-5-13(8-17(12)15)21(24)26-3/h5,7-9,12,22-23H,4,6,10-11H2,1-3H3/t12-/m0/s1. The predicted octanol–water partition coefficient (Wildman–Crippen LogP) is 3.18. The lowest BCUT2D eigenvalue weighted by Gasteiger charge is -2.19. The zero-order valence-electron chi connectivity index (χ0n) is 15.3. The summed E-state index contributed by atoms with van der Waals surface area (Å²) in [6, 6.07) is 7.52. The molecule has 0 saturated heterocycles. The molecule has 2 N–H and O–H groups in total. The summed E-state index contributed by atoms with van der Waals surface area (Å²) in [5, 5.41) is 19.5. The summed E-state index contributed by atoms with van der Waals surface area (Å²) < 4.78 is 10.5. The van der Waals surface area contributed by atoms with Crippen LogP contribution in [0.25, 0.3) is 11.1 Å². The number of methoxy groups -OCH3 is 2. The molecule has 26 heavy (non-hydrogen) atoms. The molecule has 5 nitrogen and oxygen atoms in total. The molecule has 0 heterocycles. The van der Waals surface area contributed by atoms with E-state index in [-0.39, 0.29) is 25.1 Å². The zero-order valence-corrected chi connectivity index (χ0v) is 15.3. The van der Waals surface area contributed by atoms with Crippen LogP contribution in [0.15, 0.2) is 24.3 Å². The van der Waals surface area contributed by atoms with E-state index < -0.39 is 0 Å². The summed E-state index contributed by atoms with van der Waals surface area (Å²) in [6.45, 7) is 1.78. The minimum atomic E-state index is -0.353. The maximum absolute atomic E-state index is 11.9. The number of ether oxygens (including phenoxy) is 2. The first-order chi connectivity index (χ1) is 12.5. The Balaban J connectivity index is 2.28. The maximum atomic E-state index is 11.9. The molecule has 3 rings (SSSR count). The Kier molecular flexibility index (Phi) is 5.30. The zero-order chi connectivity index (χ0) is 18.8. The molecule has 0 bridgehead atoms. The highest BCUT2D eigenvalue weighted by Crippen LogP contribution is 2.44. The summed E-state index contributed by atoms with van der Waals surface area (Å²) in [4.78, 5) is 11.9. The van der Waals surface area contributed by atoms with Gasteiger partial charge in [-0.15, -0.1) is 0 Å². The Hall–Kier alpha value is -2.37. The van der Waals surface area contributed by atoms with Gasteiger partial charge >= 0.3 is 5.97 Å². The number of fused-ring (bicyclic) bond motifs is 3. The van der Waals surface area contributed by atoms with Crippen molar-refractivity contribution in [2.75, 3.05) is 14.2 Å². The normalized spacial score (nSPS) is 15.7. The second-order valence-corrected chi connectivity index (χ2v) is 6.62. The number of rotatable bonds is 4.